The lowest BCUT2D eigenvalue weighted by Crippen LogP contribution is -3.19. The largest absolute Gasteiger partial charge is 0.331 e. The zero-order valence-electron chi connectivity index (χ0n) is 13.1. The summed E-state index contributed by atoms with van der Waals surface area (Å²) >= 11 is 6.18. The molecule has 0 heterocycles. The van der Waals surface area contributed by atoms with Gasteiger partial charge >= 0.3 is 0 Å². The van der Waals surface area contributed by atoms with Gasteiger partial charge < -0.3 is 9.80 Å². The van der Waals surface area contributed by atoms with Crippen molar-refractivity contribution in [2.45, 2.75) is 27.3 Å². The predicted octanol–water partition coefficient (Wildman–Crippen LogP) is 0.578. The van der Waals surface area contributed by atoms with Gasteiger partial charge in [0.1, 0.15) is 19.6 Å². The number of quaternary nitrogens is 2. The van der Waals surface area contributed by atoms with Gasteiger partial charge in [0.05, 0.1) is 24.6 Å². The van der Waals surface area contributed by atoms with Crippen LogP contribution >= 0.6 is 11.6 Å². The van der Waals surface area contributed by atoms with E-state index in [4.69, 9.17) is 11.6 Å². The Morgan fingerprint density at radius 3 is 2.19 bits per heavy atom. The van der Waals surface area contributed by atoms with E-state index < -0.39 is 0 Å². The Morgan fingerprint density at radius 1 is 1.10 bits per heavy atom. The lowest BCUT2D eigenvalue weighted by Gasteiger charge is -2.21. The van der Waals surface area contributed by atoms with Crippen molar-refractivity contribution in [2.75, 3.05) is 32.7 Å². The number of rotatable bonds is 9. The third-order valence-corrected chi connectivity index (χ3v) is 4.38. The van der Waals surface area contributed by atoms with Gasteiger partial charge in [-0.25, -0.2) is 0 Å². The summed E-state index contributed by atoms with van der Waals surface area (Å²) in [6.45, 7) is 12.7. The number of likely N-dealkylation sites (N-methyl/N-ethyl adjacent to an activating group) is 2. The van der Waals surface area contributed by atoms with Crippen LogP contribution in [0.5, 0.6) is 0 Å². The first kappa shape index (κ1) is 17.9. The van der Waals surface area contributed by atoms with Gasteiger partial charge in [0.15, 0.2) is 0 Å². The topological polar surface area (TPSA) is 52.0 Å². The lowest BCUT2D eigenvalue weighted by atomic mass is 10.2. The molecule has 0 saturated carbocycles. The molecule has 0 spiro atoms. The molecule has 0 saturated heterocycles. The van der Waals surface area contributed by atoms with E-state index in [0.29, 0.717) is 5.02 Å². The average Bonchev–Trinajstić information content (AvgIpc) is 2.48. The Balaban J connectivity index is 2.72. The van der Waals surface area contributed by atoms with E-state index in [0.717, 1.165) is 44.8 Å². The molecular formula is C15H26ClN3O2+2. The maximum Gasteiger partial charge on any atom is 0.270 e. The van der Waals surface area contributed by atoms with E-state index in [1.165, 1.54) is 11.0 Å². The van der Waals surface area contributed by atoms with Gasteiger partial charge in [-0.3, -0.25) is 10.1 Å². The van der Waals surface area contributed by atoms with Crippen LogP contribution in [0.3, 0.4) is 0 Å². The van der Waals surface area contributed by atoms with Crippen molar-refractivity contribution >= 4 is 17.3 Å². The molecular weight excluding hydrogens is 290 g/mol. The van der Waals surface area contributed by atoms with Crippen molar-refractivity contribution in [3.8, 4) is 0 Å². The molecule has 0 aliphatic heterocycles. The van der Waals surface area contributed by atoms with Gasteiger partial charge in [-0.2, -0.15) is 0 Å². The zero-order chi connectivity index (χ0) is 15.8. The monoisotopic (exact) mass is 315 g/mol. The van der Waals surface area contributed by atoms with E-state index >= 15 is 0 Å². The minimum absolute atomic E-state index is 0.110. The minimum Gasteiger partial charge on any atom is -0.331 e. The number of nitro benzene ring substituents is 1. The summed E-state index contributed by atoms with van der Waals surface area (Å²) in [5.41, 5.74) is 0.969. The Morgan fingerprint density at radius 2 is 1.67 bits per heavy atom. The van der Waals surface area contributed by atoms with Crippen molar-refractivity contribution in [3.05, 3.63) is 38.9 Å². The molecule has 1 aromatic carbocycles. The summed E-state index contributed by atoms with van der Waals surface area (Å²) in [4.78, 5) is 13.5. The summed E-state index contributed by atoms with van der Waals surface area (Å²) in [5.74, 6) is 0. The first-order valence-electron chi connectivity index (χ1n) is 7.61. The van der Waals surface area contributed by atoms with Crippen LogP contribution in [0.2, 0.25) is 5.02 Å². The van der Waals surface area contributed by atoms with Crippen LogP contribution < -0.4 is 9.80 Å². The summed E-state index contributed by atoms with van der Waals surface area (Å²) in [7, 11) is 0. The second kappa shape index (κ2) is 8.97. The maximum absolute atomic E-state index is 10.9. The van der Waals surface area contributed by atoms with Gasteiger partial charge in [-0.15, -0.1) is 0 Å². The molecule has 0 fully saturated rings. The Kier molecular flexibility index (Phi) is 7.64. The molecule has 0 radical (unpaired) electrons. The van der Waals surface area contributed by atoms with E-state index in [-0.39, 0.29) is 10.6 Å². The molecule has 21 heavy (non-hydrogen) atoms. The number of nitro groups is 1. The summed E-state index contributed by atoms with van der Waals surface area (Å²) in [6.07, 6.45) is 0. The van der Waals surface area contributed by atoms with Crippen LogP contribution in [0.4, 0.5) is 5.69 Å². The summed E-state index contributed by atoms with van der Waals surface area (Å²) in [5, 5.41) is 11.5. The Labute approximate surface area is 131 Å². The highest BCUT2D eigenvalue weighted by Crippen LogP contribution is 2.21. The lowest BCUT2D eigenvalue weighted by molar-refractivity contribution is -0.962. The van der Waals surface area contributed by atoms with Crippen LogP contribution in [0, 0.1) is 10.1 Å². The molecule has 1 unspecified atom stereocenters. The van der Waals surface area contributed by atoms with Gasteiger partial charge in [-0.1, -0.05) is 11.6 Å². The number of hydrogen-bond acceptors (Lipinski definition) is 2. The SMILES string of the molecule is CC[NH+](CC)CC[NH+](CC)Cc1cc([N+](=O)[O-])ccc1Cl. The normalized spacial score (nSPS) is 12.6. The molecule has 0 amide bonds. The third-order valence-electron chi connectivity index (χ3n) is 4.01. The number of benzene rings is 1. The van der Waals surface area contributed by atoms with Crippen molar-refractivity contribution in [3.63, 3.8) is 0 Å². The fourth-order valence-corrected chi connectivity index (χ4v) is 2.61. The van der Waals surface area contributed by atoms with E-state index in [1.807, 2.05) is 0 Å². The van der Waals surface area contributed by atoms with Crippen molar-refractivity contribution in [1.29, 1.82) is 0 Å². The van der Waals surface area contributed by atoms with Crippen molar-refractivity contribution in [2.24, 2.45) is 0 Å². The Bertz CT molecular complexity index is 464. The number of non-ortho nitro benzene ring substituents is 1. The van der Waals surface area contributed by atoms with E-state index in [1.54, 1.807) is 17.0 Å². The zero-order valence-corrected chi connectivity index (χ0v) is 13.9. The first-order valence-corrected chi connectivity index (χ1v) is 7.99. The van der Waals surface area contributed by atoms with Crippen LogP contribution in [-0.4, -0.2) is 37.6 Å². The van der Waals surface area contributed by atoms with Crippen LogP contribution in [0.1, 0.15) is 26.3 Å². The van der Waals surface area contributed by atoms with Gasteiger partial charge in [0, 0.05) is 22.7 Å². The molecule has 2 N–H and O–H groups in total. The summed E-state index contributed by atoms with van der Waals surface area (Å²) < 4.78 is 0. The summed E-state index contributed by atoms with van der Waals surface area (Å²) in [6, 6.07) is 4.68. The highest BCUT2D eigenvalue weighted by molar-refractivity contribution is 6.31. The molecule has 1 atom stereocenters. The molecule has 1 aromatic rings. The standard InChI is InChI=1S/C15H24ClN3O2/c1-4-17(5-2)9-10-18(6-3)12-13-11-14(19(20)21)7-8-15(13)16/h7-8,11H,4-6,9-10,12H2,1-3H3/p+2. The van der Waals surface area contributed by atoms with Crippen LogP contribution in [0.25, 0.3) is 0 Å². The third kappa shape index (κ3) is 5.61. The number of nitrogens with zero attached hydrogens (tertiary/aromatic N) is 1. The van der Waals surface area contributed by atoms with Crippen molar-refractivity contribution < 1.29 is 14.7 Å². The fourth-order valence-electron chi connectivity index (χ4n) is 2.43. The second-order valence-corrected chi connectivity index (χ2v) is 5.68. The number of halogens is 1. The number of hydrogen-bond donors (Lipinski definition) is 2. The van der Waals surface area contributed by atoms with Gasteiger partial charge in [0.25, 0.3) is 5.69 Å². The number of nitrogens with one attached hydrogen (secondary N) is 2. The van der Waals surface area contributed by atoms with E-state index in [9.17, 15) is 10.1 Å². The highest BCUT2D eigenvalue weighted by Gasteiger charge is 2.16. The first-order chi connectivity index (χ1) is 10.0. The minimum atomic E-state index is -0.370. The highest BCUT2D eigenvalue weighted by atomic mass is 35.5. The van der Waals surface area contributed by atoms with Gasteiger partial charge in [0.2, 0.25) is 0 Å². The smallest absolute Gasteiger partial charge is 0.270 e. The molecule has 1 rings (SSSR count). The van der Waals surface area contributed by atoms with Crippen molar-refractivity contribution in [1.82, 2.24) is 0 Å². The molecule has 0 aliphatic rings. The molecule has 0 aliphatic carbocycles. The van der Waals surface area contributed by atoms with Crippen LogP contribution in [0.15, 0.2) is 18.2 Å². The molecule has 6 heteroatoms. The quantitative estimate of drug-likeness (QED) is 0.517. The van der Waals surface area contributed by atoms with E-state index in [2.05, 4.69) is 20.8 Å². The van der Waals surface area contributed by atoms with Crippen LogP contribution in [-0.2, 0) is 6.54 Å². The molecule has 118 valence electrons. The van der Waals surface area contributed by atoms with Gasteiger partial charge in [-0.05, 0) is 26.8 Å². The maximum atomic E-state index is 10.9. The molecule has 0 aromatic heterocycles. The molecule has 5 nitrogen and oxygen atoms in total. The average molecular weight is 316 g/mol. The second-order valence-electron chi connectivity index (χ2n) is 5.27. The predicted molar refractivity (Wildman–Crippen MR) is 85.1 cm³/mol. The fraction of sp³-hybridized carbons (Fsp3) is 0.600. The Hall–Kier alpha value is -1.17. The molecule has 0 bridgehead atoms.